The molecule has 6 rings (SSSR count). The lowest BCUT2D eigenvalue weighted by Gasteiger charge is -2.60. The van der Waals surface area contributed by atoms with Crippen LogP contribution in [0.2, 0.25) is 0 Å². The molecule has 2 aromatic heterocycles. The molecular formula is C24H31N5O4. The lowest BCUT2D eigenvalue weighted by atomic mass is 9.45. The molecule has 0 aromatic carbocycles. The Morgan fingerprint density at radius 1 is 1.12 bits per heavy atom. The Labute approximate surface area is 192 Å². The average molecular weight is 454 g/mol. The number of carbonyl (C=O) groups excluding carboxylic acids is 2. The van der Waals surface area contributed by atoms with Crippen molar-refractivity contribution < 1.29 is 19.5 Å². The van der Waals surface area contributed by atoms with Gasteiger partial charge in [0, 0.05) is 38.9 Å². The minimum atomic E-state index is -0.973. The van der Waals surface area contributed by atoms with Gasteiger partial charge in [0.25, 0.3) is 11.8 Å². The van der Waals surface area contributed by atoms with Crippen molar-refractivity contribution in [1.82, 2.24) is 24.5 Å². The largest absolute Gasteiger partial charge is 0.465 e. The van der Waals surface area contributed by atoms with E-state index < -0.39 is 6.09 Å². The molecule has 1 aliphatic heterocycles. The van der Waals surface area contributed by atoms with Gasteiger partial charge >= 0.3 is 6.09 Å². The molecule has 3 aliphatic carbocycles. The molecule has 0 spiro atoms. The van der Waals surface area contributed by atoms with E-state index >= 15 is 0 Å². The molecule has 0 unspecified atom stereocenters. The maximum Gasteiger partial charge on any atom is 0.407 e. The van der Waals surface area contributed by atoms with Crippen molar-refractivity contribution in [2.45, 2.75) is 33.1 Å². The third kappa shape index (κ3) is 3.73. The summed E-state index contributed by atoms with van der Waals surface area (Å²) in [5.41, 5.74) is 1.63. The van der Waals surface area contributed by atoms with E-state index in [2.05, 4.69) is 24.1 Å². The van der Waals surface area contributed by atoms with E-state index in [4.69, 9.17) is 5.11 Å². The molecule has 2 aromatic rings. The minimum Gasteiger partial charge on any atom is -0.465 e. The summed E-state index contributed by atoms with van der Waals surface area (Å²) in [5.74, 6) is 1.60. The van der Waals surface area contributed by atoms with Crippen LogP contribution in [0.5, 0.6) is 0 Å². The number of nitrogens with one attached hydrogen (secondary N) is 1. The van der Waals surface area contributed by atoms with E-state index in [-0.39, 0.29) is 30.6 Å². The van der Waals surface area contributed by atoms with Crippen molar-refractivity contribution >= 4 is 23.6 Å². The molecule has 3 atom stereocenters. The van der Waals surface area contributed by atoms with E-state index in [1.807, 2.05) is 0 Å². The normalized spacial score (nSPS) is 26.1. The quantitative estimate of drug-likeness (QED) is 0.740. The molecule has 3 saturated carbocycles. The molecule has 1 saturated heterocycles. The van der Waals surface area contributed by atoms with Gasteiger partial charge in [0.05, 0.1) is 0 Å². The van der Waals surface area contributed by atoms with Crippen LogP contribution in [0.15, 0.2) is 24.4 Å². The second kappa shape index (κ2) is 8.04. The number of imidazole rings is 1. The van der Waals surface area contributed by atoms with E-state index in [9.17, 15) is 14.4 Å². The summed E-state index contributed by atoms with van der Waals surface area (Å²) >= 11 is 0. The van der Waals surface area contributed by atoms with Gasteiger partial charge in [-0.3, -0.25) is 14.0 Å². The van der Waals surface area contributed by atoms with Crippen molar-refractivity contribution in [3.63, 3.8) is 0 Å². The molecule has 0 radical (unpaired) electrons. The fraction of sp³-hybridized carbons (Fsp3) is 0.583. The van der Waals surface area contributed by atoms with Gasteiger partial charge in [-0.05, 0) is 54.6 Å². The molecule has 2 N–H and O–H groups in total. The van der Waals surface area contributed by atoms with Crippen LogP contribution in [0.25, 0.3) is 5.65 Å². The first-order valence-electron chi connectivity index (χ1n) is 11.8. The summed E-state index contributed by atoms with van der Waals surface area (Å²) in [6.07, 6.45) is 4.32. The first-order valence-corrected chi connectivity index (χ1v) is 11.8. The first kappa shape index (κ1) is 21.7. The molecule has 4 aliphatic rings. The molecule has 3 amide bonds. The van der Waals surface area contributed by atoms with Crippen molar-refractivity contribution in [3.8, 4) is 0 Å². The molecule has 9 nitrogen and oxygen atoms in total. The van der Waals surface area contributed by atoms with Crippen LogP contribution >= 0.6 is 0 Å². The zero-order chi connectivity index (χ0) is 23.3. The zero-order valence-electron chi connectivity index (χ0n) is 19.2. The van der Waals surface area contributed by atoms with E-state index in [1.54, 1.807) is 33.7 Å². The van der Waals surface area contributed by atoms with Gasteiger partial charge in [0.1, 0.15) is 17.0 Å². The summed E-state index contributed by atoms with van der Waals surface area (Å²) in [5, 5.41) is 12.2. The Balaban J connectivity index is 1.27. The van der Waals surface area contributed by atoms with Gasteiger partial charge in [-0.1, -0.05) is 19.9 Å². The molecule has 33 heavy (non-hydrogen) atoms. The Morgan fingerprint density at radius 2 is 1.85 bits per heavy atom. The Morgan fingerprint density at radius 3 is 2.52 bits per heavy atom. The Hall–Kier alpha value is -3.10. The van der Waals surface area contributed by atoms with Gasteiger partial charge < -0.3 is 20.2 Å². The maximum atomic E-state index is 13.0. The number of hydrogen-bond acceptors (Lipinski definition) is 4. The molecule has 3 heterocycles. The highest BCUT2D eigenvalue weighted by atomic mass is 16.4. The topological polar surface area (TPSA) is 107 Å². The van der Waals surface area contributed by atoms with Gasteiger partial charge in [0.15, 0.2) is 0 Å². The molecule has 9 heteroatoms. The van der Waals surface area contributed by atoms with Crippen molar-refractivity contribution in [2.75, 3.05) is 32.7 Å². The fourth-order valence-electron chi connectivity index (χ4n) is 6.08. The number of piperazine rings is 1. The maximum absolute atomic E-state index is 13.0. The molecule has 176 valence electrons. The molecule has 4 fully saturated rings. The summed E-state index contributed by atoms with van der Waals surface area (Å²) < 4.78 is 1.67. The van der Waals surface area contributed by atoms with Crippen molar-refractivity contribution in [1.29, 1.82) is 0 Å². The lowest BCUT2D eigenvalue weighted by Crippen LogP contribution is -2.54. The average Bonchev–Trinajstić information content (AvgIpc) is 3.26. The monoisotopic (exact) mass is 453 g/mol. The third-order valence-corrected chi connectivity index (χ3v) is 8.31. The number of amides is 3. The number of hydrogen-bond donors (Lipinski definition) is 2. The van der Waals surface area contributed by atoms with Crippen molar-refractivity contribution in [2.24, 2.45) is 23.2 Å². The second-order valence-corrected chi connectivity index (χ2v) is 10.2. The highest BCUT2D eigenvalue weighted by Crippen LogP contribution is 2.61. The van der Waals surface area contributed by atoms with Crippen LogP contribution in [0.3, 0.4) is 0 Å². The lowest BCUT2D eigenvalue weighted by molar-refractivity contribution is -0.103. The second-order valence-electron chi connectivity index (χ2n) is 10.2. The predicted molar refractivity (Wildman–Crippen MR) is 121 cm³/mol. The van der Waals surface area contributed by atoms with Gasteiger partial charge in [-0.25, -0.2) is 9.78 Å². The number of pyridine rings is 1. The highest BCUT2D eigenvalue weighted by molar-refractivity contribution is 5.95. The van der Waals surface area contributed by atoms with E-state index in [1.165, 1.54) is 24.2 Å². The summed E-state index contributed by atoms with van der Waals surface area (Å²) in [4.78, 5) is 44.4. The van der Waals surface area contributed by atoms with Crippen LogP contribution in [0.4, 0.5) is 4.79 Å². The number of aromatic nitrogens is 2. The van der Waals surface area contributed by atoms with Crippen molar-refractivity contribution in [3.05, 3.63) is 35.8 Å². The standard InChI is InChI=1S/C24H31N5O4/c1-24(2)16-7-6-15(17(24)12-16)13-25-21(30)19-4-3-5-20-26-18(14-29(19)20)22(31)27-8-10-28(11-9-27)23(32)33/h3-5,14-17H,6-13H2,1-2H3,(H,25,30)(H,32,33)/t15-,16-,17+/m0/s1. The van der Waals surface area contributed by atoms with E-state index in [0.717, 1.165) is 5.92 Å². The predicted octanol–water partition coefficient (Wildman–Crippen LogP) is 2.57. The number of fused-ring (bicyclic) bond motifs is 3. The van der Waals surface area contributed by atoms with Crippen LogP contribution in [0.1, 0.15) is 54.1 Å². The van der Waals surface area contributed by atoms with Gasteiger partial charge in [-0.15, -0.1) is 0 Å². The summed E-state index contributed by atoms with van der Waals surface area (Å²) in [6, 6.07) is 5.29. The molecular weight excluding hydrogens is 422 g/mol. The Bertz CT molecular complexity index is 1100. The van der Waals surface area contributed by atoms with Crippen LogP contribution in [-0.2, 0) is 0 Å². The van der Waals surface area contributed by atoms with Gasteiger partial charge in [0.2, 0.25) is 0 Å². The smallest absolute Gasteiger partial charge is 0.407 e. The SMILES string of the molecule is CC1(C)[C@H]2CC[C@@H](CNC(=O)c3cccc4nc(C(=O)N5CCN(C(=O)O)CC5)cn34)[C@H]1C2. The third-order valence-electron chi connectivity index (χ3n) is 8.31. The number of nitrogens with zero attached hydrogens (tertiary/aromatic N) is 4. The van der Waals surface area contributed by atoms with Gasteiger partial charge in [-0.2, -0.15) is 0 Å². The highest BCUT2D eigenvalue weighted by Gasteiger charge is 2.53. The number of carboxylic acid groups (broad SMARTS) is 1. The number of carbonyl (C=O) groups is 3. The van der Waals surface area contributed by atoms with Crippen LogP contribution in [0, 0.1) is 23.2 Å². The Kier molecular flexibility index (Phi) is 5.29. The summed E-state index contributed by atoms with van der Waals surface area (Å²) in [6.45, 7) is 6.59. The first-order chi connectivity index (χ1) is 15.8. The van der Waals surface area contributed by atoms with Crippen LogP contribution < -0.4 is 5.32 Å². The molecule has 2 bridgehead atoms. The van der Waals surface area contributed by atoms with E-state index in [0.29, 0.717) is 48.2 Å². The minimum absolute atomic E-state index is 0.161. The summed E-state index contributed by atoms with van der Waals surface area (Å²) in [7, 11) is 0. The fourth-order valence-corrected chi connectivity index (χ4v) is 6.08. The number of rotatable bonds is 4. The zero-order valence-corrected chi connectivity index (χ0v) is 19.2. The van der Waals surface area contributed by atoms with Crippen LogP contribution in [-0.4, -0.2) is 74.9 Å².